The van der Waals surface area contributed by atoms with E-state index in [1.54, 1.807) is 10.8 Å². The zero-order valence-corrected chi connectivity index (χ0v) is 13.7. The minimum Gasteiger partial charge on any atom is -0.289 e. The number of halogens is 2. The molecule has 2 aromatic carbocycles. The topological polar surface area (TPSA) is 34.9 Å². The molecular formula is C19H14ClFN2O. The van der Waals surface area contributed by atoms with Crippen LogP contribution >= 0.6 is 11.6 Å². The molecule has 0 N–H and O–H groups in total. The monoisotopic (exact) mass is 340 g/mol. The number of allylic oxidation sites excluding steroid dienone is 1. The Bertz CT molecular complexity index is 899. The summed E-state index contributed by atoms with van der Waals surface area (Å²) in [6.07, 6.45) is 3.05. The van der Waals surface area contributed by atoms with Crippen LogP contribution in [-0.2, 0) is 0 Å². The number of aryl methyl sites for hydroxylation is 1. The van der Waals surface area contributed by atoms with E-state index >= 15 is 0 Å². The molecule has 3 aromatic rings. The summed E-state index contributed by atoms with van der Waals surface area (Å²) < 4.78 is 14.5. The zero-order valence-electron chi connectivity index (χ0n) is 12.9. The van der Waals surface area contributed by atoms with E-state index in [0.717, 1.165) is 5.69 Å². The van der Waals surface area contributed by atoms with E-state index in [9.17, 15) is 9.18 Å². The van der Waals surface area contributed by atoms with E-state index < -0.39 is 0 Å². The van der Waals surface area contributed by atoms with E-state index in [0.29, 0.717) is 22.0 Å². The maximum Gasteiger partial charge on any atom is 0.185 e. The summed E-state index contributed by atoms with van der Waals surface area (Å²) in [7, 11) is 0. The number of ketones is 1. The minimum atomic E-state index is -0.376. The Morgan fingerprint density at radius 3 is 2.46 bits per heavy atom. The average Bonchev–Trinajstić information content (AvgIpc) is 2.88. The van der Waals surface area contributed by atoms with Crippen molar-refractivity contribution in [3.63, 3.8) is 0 Å². The van der Waals surface area contributed by atoms with Gasteiger partial charge < -0.3 is 0 Å². The number of rotatable bonds is 4. The number of nitrogens with zero attached hydrogens (tertiary/aromatic N) is 2. The van der Waals surface area contributed by atoms with E-state index in [1.807, 2.05) is 37.3 Å². The lowest BCUT2D eigenvalue weighted by Crippen LogP contribution is -1.96. The van der Waals surface area contributed by atoms with Crippen molar-refractivity contribution in [2.24, 2.45) is 0 Å². The van der Waals surface area contributed by atoms with Crippen LogP contribution in [0.2, 0.25) is 5.15 Å². The second-order valence-corrected chi connectivity index (χ2v) is 5.60. The van der Waals surface area contributed by atoms with Gasteiger partial charge in [-0.3, -0.25) is 4.79 Å². The minimum absolute atomic E-state index is 0.224. The van der Waals surface area contributed by atoms with Crippen LogP contribution in [0, 0.1) is 12.7 Å². The highest BCUT2D eigenvalue weighted by Crippen LogP contribution is 2.24. The van der Waals surface area contributed by atoms with Gasteiger partial charge >= 0.3 is 0 Å². The van der Waals surface area contributed by atoms with E-state index in [4.69, 9.17) is 11.6 Å². The molecule has 3 rings (SSSR count). The molecule has 0 aliphatic carbocycles. The molecule has 0 radical (unpaired) electrons. The summed E-state index contributed by atoms with van der Waals surface area (Å²) in [6, 6.07) is 14.9. The number of hydrogen-bond donors (Lipinski definition) is 0. The largest absolute Gasteiger partial charge is 0.289 e. The lowest BCUT2D eigenvalue weighted by Gasteiger charge is -2.01. The molecule has 0 saturated carbocycles. The predicted molar refractivity (Wildman–Crippen MR) is 93.1 cm³/mol. The molecular weight excluding hydrogens is 327 g/mol. The lowest BCUT2D eigenvalue weighted by atomic mass is 10.1. The summed E-state index contributed by atoms with van der Waals surface area (Å²) in [5.74, 6) is -0.600. The Kier molecular flexibility index (Phi) is 4.58. The van der Waals surface area contributed by atoms with Crippen LogP contribution in [0.4, 0.5) is 4.39 Å². The van der Waals surface area contributed by atoms with Crippen molar-refractivity contribution in [2.75, 3.05) is 0 Å². The van der Waals surface area contributed by atoms with Crippen molar-refractivity contribution in [1.82, 2.24) is 9.78 Å². The predicted octanol–water partition coefficient (Wildman–Crippen LogP) is 4.87. The first-order valence-corrected chi connectivity index (χ1v) is 7.72. The third-order valence-electron chi connectivity index (χ3n) is 3.58. The van der Waals surface area contributed by atoms with Crippen LogP contribution in [0.5, 0.6) is 0 Å². The van der Waals surface area contributed by atoms with Gasteiger partial charge in [0.1, 0.15) is 11.0 Å². The van der Waals surface area contributed by atoms with Gasteiger partial charge in [-0.15, -0.1) is 0 Å². The first-order chi connectivity index (χ1) is 11.6. The molecule has 5 heteroatoms. The molecule has 0 bridgehead atoms. The third kappa shape index (κ3) is 3.29. The van der Waals surface area contributed by atoms with Gasteiger partial charge in [-0.2, -0.15) is 5.10 Å². The van der Waals surface area contributed by atoms with E-state index in [1.165, 1.54) is 30.3 Å². The Balaban J connectivity index is 1.89. The summed E-state index contributed by atoms with van der Waals surface area (Å²) in [5, 5.41) is 4.85. The fourth-order valence-corrected chi connectivity index (χ4v) is 2.65. The first kappa shape index (κ1) is 16.1. The maximum absolute atomic E-state index is 12.9. The molecule has 1 aromatic heterocycles. The van der Waals surface area contributed by atoms with Crippen LogP contribution < -0.4 is 0 Å². The average molecular weight is 341 g/mol. The zero-order chi connectivity index (χ0) is 17.1. The van der Waals surface area contributed by atoms with Crippen LogP contribution in [0.25, 0.3) is 11.8 Å². The molecule has 24 heavy (non-hydrogen) atoms. The number of carbonyl (C=O) groups excluding carboxylic acids is 1. The van der Waals surface area contributed by atoms with Crippen molar-refractivity contribution < 1.29 is 9.18 Å². The maximum atomic E-state index is 12.9. The molecule has 0 fully saturated rings. The standard InChI is InChI=1S/C19H14ClFN2O/c1-13-17(11-12-18(24)14-7-9-15(21)10-8-14)19(20)23(22-13)16-5-3-2-4-6-16/h2-12H,1H3/b12-11+. The van der Waals surface area contributed by atoms with Crippen LogP contribution in [0.1, 0.15) is 21.6 Å². The Labute approximate surface area is 144 Å². The van der Waals surface area contributed by atoms with Crippen molar-refractivity contribution in [1.29, 1.82) is 0 Å². The van der Waals surface area contributed by atoms with Crippen LogP contribution in [0.3, 0.4) is 0 Å². The molecule has 3 nitrogen and oxygen atoms in total. The summed E-state index contributed by atoms with van der Waals surface area (Å²) in [4.78, 5) is 12.1. The lowest BCUT2D eigenvalue weighted by molar-refractivity contribution is 0.104. The highest BCUT2D eigenvalue weighted by Gasteiger charge is 2.13. The third-order valence-corrected chi connectivity index (χ3v) is 3.94. The molecule has 0 saturated heterocycles. The summed E-state index contributed by atoms with van der Waals surface area (Å²) >= 11 is 6.40. The molecule has 120 valence electrons. The number of hydrogen-bond acceptors (Lipinski definition) is 2. The molecule has 0 amide bonds. The second kappa shape index (κ2) is 6.81. The van der Waals surface area contributed by atoms with E-state index in [-0.39, 0.29) is 11.6 Å². The molecule has 0 atom stereocenters. The smallest absolute Gasteiger partial charge is 0.185 e. The van der Waals surface area contributed by atoms with Gasteiger partial charge in [-0.25, -0.2) is 9.07 Å². The van der Waals surface area contributed by atoms with Gasteiger partial charge in [-0.1, -0.05) is 29.8 Å². The first-order valence-electron chi connectivity index (χ1n) is 7.35. The molecule has 0 aliphatic heterocycles. The van der Waals surface area contributed by atoms with Gasteiger partial charge in [0, 0.05) is 11.1 Å². The molecule has 0 unspecified atom stereocenters. The highest BCUT2D eigenvalue weighted by molar-refractivity contribution is 6.31. The quantitative estimate of drug-likeness (QED) is 0.501. The number of aromatic nitrogens is 2. The Hall–Kier alpha value is -2.72. The fourth-order valence-electron chi connectivity index (χ4n) is 2.31. The molecule has 0 aliphatic rings. The summed E-state index contributed by atoms with van der Waals surface area (Å²) in [5.41, 5.74) is 2.65. The SMILES string of the molecule is Cc1nn(-c2ccccc2)c(Cl)c1/C=C/C(=O)c1ccc(F)cc1. The van der Waals surface area contributed by atoms with Crippen molar-refractivity contribution >= 4 is 23.5 Å². The Morgan fingerprint density at radius 1 is 1.12 bits per heavy atom. The summed E-state index contributed by atoms with van der Waals surface area (Å²) in [6.45, 7) is 1.83. The van der Waals surface area contributed by atoms with Crippen molar-refractivity contribution in [2.45, 2.75) is 6.92 Å². The van der Waals surface area contributed by atoms with Crippen molar-refractivity contribution in [3.8, 4) is 5.69 Å². The molecule has 0 spiro atoms. The van der Waals surface area contributed by atoms with Gasteiger partial charge in [0.25, 0.3) is 0 Å². The normalized spacial score (nSPS) is 11.1. The van der Waals surface area contributed by atoms with Crippen LogP contribution in [0.15, 0.2) is 60.7 Å². The number of carbonyl (C=O) groups is 1. The van der Waals surface area contributed by atoms with Crippen molar-refractivity contribution in [3.05, 3.63) is 88.5 Å². The van der Waals surface area contributed by atoms with Gasteiger partial charge in [0.05, 0.1) is 11.4 Å². The van der Waals surface area contributed by atoms with Gasteiger partial charge in [0.15, 0.2) is 5.78 Å². The van der Waals surface area contributed by atoms with Gasteiger partial charge in [-0.05, 0) is 55.5 Å². The fraction of sp³-hybridized carbons (Fsp3) is 0.0526. The second-order valence-electron chi connectivity index (χ2n) is 5.24. The van der Waals surface area contributed by atoms with E-state index in [2.05, 4.69) is 5.10 Å². The number of para-hydroxylation sites is 1. The molecule has 1 heterocycles. The number of benzene rings is 2. The van der Waals surface area contributed by atoms with Crippen LogP contribution in [-0.4, -0.2) is 15.6 Å². The Morgan fingerprint density at radius 2 is 1.79 bits per heavy atom. The van der Waals surface area contributed by atoms with Gasteiger partial charge in [0.2, 0.25) is 0 Å². The highest BCUT2D eigenvalue weighted by atomic mass is 35.5.